The molecule has 3 nitrogen and oxygen atoms in total. The summed E-state index contributed by atoms with van der Waals surface area (Å²) < 4.78 is 39.6. The fraction of sp³-hybridized carbons (Fsp3) is 0.500. The van der Waals surface area contributed by atoms with Gasteiger partial charge in [-0.05, 0) is 6.42 Å². The first kappa shape index (κ1) is 13.2. The summed E-state index contributed by atoms with van der Waals surface area (Å²) >= 11 is 0. The van der Waals surface area contributed by atoms with Crippen LogP contribution in [0.25, 0.3) is 0 Å². The smallest absolute Gasteiger partial charge is 0.168 e. The summed E-state index contributed by atoms with van der Waals surface area (Å²) in [6.45, 7) is 3.76. The summed E-state index contributed by atoms with van der Waals surface area (Å²) in [6, 6.07) is 0.360. The zero-order valence-electron chi connectivity index (χ0n) is 9.85. The van der Waals surface area contributed by atoms with Gasteiger partial charge in [-0.2, -0.15) is 0 Å². The molecule has 0 radical (unpaired) electrons. The normalized spacial score (nSPS) is 17.1. The summed E-state index contributed by atoms with van der Waals surface area (Å²) in [6.07, 6.45) is 0.0896. The highest BCUT2D eigenvalue weighted by atomic mass is 19.2. The van der Waals surface area contributed by atoms with E-state index in [1.165, 1.54) is 0 Å². The molecule has 0 unspecified atom stereocenters. The van der Waals surface area contributed by atoms with Crippen LogP contribution in [0.3, 0.4) is 0 Å². The number of aromatic hydroxyl groups is 1. The number of halogens is 3. The number of nitrogens with zero attached hydrogens (tertiary/aromatic N) is 1. The molecule has 0 atom stereocenters. The van der Waals surface area contributed by atoms with Crippen molar-refractivity contribution >= 4 is 0 Å². The molecule has 0 spiro atoms. The van der Waals surface area contributed by atoms with E-state index in [1.54, 1.807) is 0 Å². The predicted molar refractivity (Wildman–Crippen MR) is 61.0 cm³/mol. The standard InChI is InChI=1S/C12H15F3N2O/c13-9-7-10(14)12(18)8(11(9)15)1-4-17-5-2-16-3-6-17/h7,16,18H,1-6H2. The molecule has 1 aromatic carbocycles. The SMILES string of the molecule is Oc1c(F)cc(F)c(F)c1CCN1CCNCC1. The molecule has 1 heterocycles. The molecule has 100 valence electrons. The minimum absolute atomic E-state index is 0.0896. The number of phenolic OH excluding ortho intramolecular Hbond substituents is 1. The molecule has 0 saturated carbocycles. The lowest BCUT2D eigenvalue weighted by atomic mass is 10.1. The van der Waals surface area contributed by atoms with Crippen molar-refractivity contribution in [3.8, 4) is 5.75 Å². The molecule has 0 aliphatic carbocycles. The van der Waals surface area contributed by atoms with Crippen molar-refractivity contribution in [2.24, 2.45) is 0 Å². The number of hydrogen-bond donors (Lipinski definition) is 2. The van der Waals surface area contributed by atoms with Gasteiger partial charge in [-0.25, -0.2) is 13.2 Å². The molecular weight excluding hydrogens is 245 g/mol. The lowest BCUT2D eigenvalue weighted by Crippen LogP contribution is -2.44. The van der Waals surface area contributed by atoms with Crippen LogP contribution in [-0.4, -0.2) is 42.7 Å². The third kappa shape index (κ3) is 2.76. The van der Waals surface area contributed by atoms with Crippen molar-refractivity contribution in [1.82, 2.24) is 10.2 Å². The van der Waals surface area contributed by atoms with Crippen LogP contribution in [0.15, 0.2) is 6.07 Å². The van der Waals surface area contributed by atoms with Crippen LogP contribution in [0.1, 0.15) is 5.56 Å². The Balaban J connectivity index is 2.08. The molecule has 1 saturated heterocycles. The Hall–Kier alpha value is -1.27. The minimum Gasteiger partial charge on any atom is -0.505 e. The van der Waals surface area contributed by atoms with Gasteiger partial charge in [0, 0.05) is 44.4 Å². The summed E-state index contributed by atoms with van der Waals surface area (Å²) in [5.74, 6) is -4.34. The monoisotopic (exact) mass is 260 g/mol. The van der Waals surface area contributed by atoms with Crippen LogP contribution in [0.4, 0.5) is 13.2 Å². The maximum absolute atomic E-state index is 13.5. The highest BCUT2D eigenvalue weighted by Gasteiger charge is 2.19. The second-order valence-electron chi connectivity index (χ2n) is 4.32. The molecule has 0 amide bonds. The Kier molecular flexibility index (Phi) is 4.08. The Bertz CT molecular complexity index is 408. The second-order valence-corrected chi connectivity index (χ2v) is 4.32. The molecule has 1 aliphatic rings. The number of phenols is 1. The molecule has 1 fully saturated rings. The molecular formula is C12H15F3N2O. The van der Waals surface area contributed by atoms with E-state index < -0.39 is 23.2 Å². The number of nitrogens with one attached hydrogen (secondary N) is 1. The van der Waals surface area contributed by atoms with E-state index in [9.17, 15) is 18.3 Å². The summed E-state index contributed by atoms with van der Waals surface area (Å²) in [7, 11) is 0. The maximum atomic E-state index is 13.5. The van der Waals surface area contributed by atoms with E-state index in [2.05, 4.69) is 10.2 Å². The third-order valence-electron chi connectivity index (χ3n) is 3.13. The van der Waals surface area contributed by atoms with E-state index in [-0.39, 0.29) is 12.0 Å². The topological polar surface area (TPSA) is 35.5 Å². The van der Waals surface area contributed by atoms with Crippen molar-refractivity contribution in [1.29, 1.82) is 0 Å². The summed E-state index contributed by atoms with van der Waals surface area (Å²) in [4.78, 5) is 2.05. The predicted octanol–water partition coefficient (Wildman–Crippen LogP) is 1.26. The fourth-order valence-electron chi connectivity index (χ4n) is 2.07. The highest BCUT2D eigenvalue weighted by molar-refractivity contribution is 5.36. The number of rotatable bonds is 3. The van der Waals surface area contributed by atoms with Gasteiger partial charge < -0.3 is 15.3 Å². The van der Waals surface area contributed by atoms with Gasteiger partial charge in [0.1, 0.15) is 0 Å². The molecule has 0 bridgehead atoms. The van der Waals surface area contributed by atoms with Crippen LogP contribution < -0.4 is 5.32 Å². The lowest BCUT2D eigenvalue weighted by Gasteiger charge is -2.27. The quantitative estimate of drug-likeness (QED) is 0.803. The Morgan fingerprint density at radius 1 is 1.17 bits per heavy atom. The average Bonchev–Trinajstić information content (AvgIpc) is 2.38. The first-order valence-corrected chi connectivity index (χ1v) is 5.88. The summed E-state index contributed by atoms with van der Waals surface area (Å²) in [5.41, 5.74) is -0.286. The van der Waals surface area contributed by atoms with Crippen molar-refractivity contribution in [3.63, 3.8) is 0 Å². The Labute approximate surface area is 103 Å². The Morgan fingerprint density at radius 2 is 1.83 bits per heavy atom. The number of hydrogen-bond acceptors (Lipinski definition) is 3. The van der Waals surface area contributed by atoms with Crippen LogP contribution in [0, 0.1) is 17.5 Å². The van der Waals surface area contributed by atoms with Crippen molar-refractivity contribution < 1.29 is 18.3 Å². The van der Waals surface area contributed by atoms with E-state index in [4.69, 9.17) is 0 Å². The van der Waals surface area contributed by atoms with E-state index in [0.29, 0.717) is 12.6 Å². The highest BCUT2D eigenvalue weighted by Crippen LogP contribution is 2.26. The zero-order valence-corrected chi connectivity index (χ0v) is 9.85. The van der Waals surface area contributed by atoms with Gasteiger partial charge in [0.25, 0.3) is 0 Å². The van der Waals surface area contributed by atoms with Crippen molar-refractivity contribution in [2.75, 3.05) is 32.7 Å². The van der Waals surface area contributed by atoms with Gasteiger partial charge in [-0.15, -0.1) is 0 Å². The van der Waals surface area contributed by atoms with Crippen molar-refractivity contribution in [3.05, 3.63) is 29.1 Å². The van der Waals surface area contributed by atoms with Gasteiger partial charge in [-0.3, -0.25) is 0 Å². The van der Waals surface area contributed by atoms with Gasteiger partial charge in [0.05, 0.1) is 0 Å². The van der Waals surface area contributed by atoms with Gasteiger partial charge in [-0.1, -0.05) is 0 Å². The fourth-order valence-corrected chi connectivity index (χ4v) is 2.07. The first-order valence-electron chi connectivity index (χ1n) is 5.88. The van der Waals surface area contributed by atoms with E-state index in [0.717, 1.165) is 26.2 Å². The molecule has 0 aromatic heterocycles. The first-order chi connectivity index (χ1) is 8.59. The lowest BCUT2D eigenvalue weighted by molar-refractivity contribution is 0.241. The third-order valence-corrected chi connectivity index (χ3v) is 3.13. The van der Waals surface area contributed by atoms with E-state index in [1.807, 2.05) is 0 Å². The molecule has 2 N–H and O–H groups in total. The largest absolute Gasteiger partial charge is 0.505 e. The average molecular weight is 260 g/mol. The van der Waals surface area contributed by atoms with Gasteiger partial charge in [0.15, 0.2) is 23.2 Å². The Morgan fingerprint density at radius 3 is 2.50 bits per heavy atom. The van der Waals surface area contributed by atoms with Crippen LogP contribution in [0.5, 0.6) is 5.75 Å². The second kappa shape index (κ2) is 5.58. The van der Waals surface area contributed by atoms with Crippen LogP contribution in [0.2, 0.25) is 0 Å². The van der Waals surface area contributed by atoms with Gasteiger partial charge >= 0.3 is 0 Å². The minimum atomic E-state index is -1.26. The van der Waals surface area contributed by atoms with Crippen LogP contribution in [-0.2, 0) is 6.42 Å². The van der Waals surface area contributed by atoms with Crippen molar-refractivity contribution in [2.45, 2.75) is 6.42 Å². The molecule has 2 rings (SSSR count). The molecule has 1 aromatic rings. The molecule has 18 heavy (non-hydrogen) atoms. The zero-order chi connectivity index (χ0) is 13.1. The summed E-state index contributed by atoms with van der Waals surface area (Å²) in [5, 5.41) is 12.6. The maximum Gasteiger partial charge on any atom is 0.168 e. The van der Waals surface area contributed by atoms with Gasteiger partial charge in [0.2, 0.25) is 0 Å². The number of piperazine rings is 1. The van der Waals surface area contributed by atoms with E-state index >= 15 is 0 Å². The molecule has 6 heteroatoms. The molecule has 1 aliphatic heterocycles. The number of benzene rings is 1. The van der Waals surface area contributed by atoms with Crippen LogP contribution >= 0.6 is 0 Å².